The van der Waals surface area contributed by atoms with E-state index < -0.39 is 0 Å². The van der Waals surface area contributed by atoms with Gasteiger partial charge < -0.3 is 10.6 Å². The van der Waals surface area contributed by atoms with Gasteiger partial charge in [-0.15, -0.1) is 0 Å². The number of carbonyl (C=O) groups is 1. The van der Waals surface area contributed by atoms with Crippen molar-refractivity contribution in [3.05, 3.63) is 29.3 Å². The highest BCUT2D eigenvalue weighted by atomic mass is 16.2. The first-order chi connectivity index (χ1) is 9.13. The molecule has 3 nitrogen and oxygen atoms in total. The third kappa shape index (κ3) is 3.16. The largest absolute Gasteiger partial charge is 0.320 e. The van der Waals surface area contributed by atoms with Gasteiger partial charge in [0.05, 0.1) is 6.04 Å². The highest BCUT2D eigenvalue weighted by Gasteiger charge is 2.26. The maximum atomic E-state index is 12.5. The first-order valence-electron chi connectivity index (χ1n) is 7.30. The summed E-state index contributed by atoms with van der Waals surface area (Å²) < 4.78 is 0. The van der Waals surface area contributed by atoms with E-state index in [0.717, 1.165) is 44.3 Å². The zero-order valence-electron chi connectivity index (χ0n) is 12.0. The van der Waals surface area contributed by atoms with Gasteiger partial charge in [-0.05, 0) is 37.8 Å². The van der Waals surface area contributed by atoms with Crippen LogP contribution in [0.5, 0.6) is 0 Å². The number of anilines is 1. The Labute approximate surface area is 115 Å². The van der Waals surface area contributed by atoms with Crippen LogP contribution < -0.4 is 10.6 Å². The summed E-state index contributed by atoms with van der Waals surface area (Å²) in [6.07, 6.45) is 4.97. The van der Waals surface area contributed by atoms with Crippen LogP contribution in [0, 0.1) is 6.92 Å². The summed E-state index contributed by atoms with van der Waals surface area (Å²) in [4.78, 5) is 14.3. The fourth-order valence-electron chi connectivity index (χ4n) is 2.70. The van der Waals surface area contributed by atoms with Gasteiger partial charge in [-0.1, -0.05) is 37.5 Å². The van der Waals surface area contributed by atoms with Gasteiger partial charge in [0.2, 0.25) is 5.91 Å². The van der Waals surface area contributed by atoms with E-state index in [1.165, 1.54) is 11.1 Å². The van der Waals surface area contributed by atoms with Crippen LogP contribution >= 0.6 is 0 Å². The molecule has 1 heterocycles. The van der Waals surface area contributed by atoms with E-state index in [1.807, 2.05) is 4.90 Å². The van der Waals surface area contributed by atoms with Crippen molar-refractivity contribution in [1.82, 2.24) is 0 Å². The van der Waals surface area contributed by atoms with Gasteiger partial charge in [-0.3, -0.25) is 4.79 Å². The minimum atomic E-state index is -0.354. The van der Waals surface area contributed by atoms with Crippen LogP contribution in [0.15, 0.2) is 18.2 Å². The lowest BCUT2D eigenvalue weighted by Crippen LogP contribution is -2.46. The standard InChI is InChI=1S/C16H24N2O/c1-3-4-7-14(17)16(19)18-10-5-6-13-11-12(2)8-9-15(13)18/h8-9,11,14H,3-7,10,17H2,1-2H3. The third-order valence-corrected chi connectivity index (χ3v) is 3.81. The average Bonchev–Trinajstić information content (AvgIpc) is 2.42. The van der Waals surface area contributed by atoms with Crippen molar-refractivity contribution in [3.8, 4) is 0 Å². The molecule has 0 aliphatic carbocycles. The normalized spacial score (nSPS) is 16.1. The minimum absolute atomic E-state index is 0.0817. The SMILES string of the molecule is CCCCC(N)C(=O)N1CCCc2cc(C)ccc21. The molecule has 1 aliphatic rings. The van der Waals surface area contributed by atoms with Crippen LogP contribution in [0.25, 0.3) is 0 Å². The van der Waals surface area contributed by atoms with Crippen molar-refractivity contribution >= 4 is 11.6 Å². The van der Waals surface area contributed by atoms with Crippen molar-refractivity contribution in [3.63, 3.8) is 0 Å². The number of hydrogen-bond acceptors (Lipinski definition) is 2. The number of fused-ring (bicyclic) bond motifs is 1. The van der Waals surface area contributed by atoms with Crippen LogP contribution in [0.2, 0.25) is 0 Å². The molecule has 1 unspecified atom stereocenters. The van der Waals surface area contributed by atoms with E-state index in [0.29, 0.717) is 0 Å². The molecule has 1 amide bonds. The van der Waals surface area contributed by atoms with Gasteiger partial charge in [0.25, 0.3) is 0 Å². The number of rotatable bonds is 4. The summed E-state index contributed by atoms with van der Waals surface area (Å²) in [5.74, 6) is 0.0817. The monoisotopic (exact) mass is 260 g/mol. The Morgan fingerprint density at radius 1 is 1.47 bits per heavy atom. The Kier molecular flexibility index (Phi) is 4.59. The summed E-state index contributed by atoms with van der Waals surface area (Å²) in [5.41, 5.74) is 9.63. The molecule has 0 saturated carbocycles. The Balaban J connectivity index is 2.16. The molecule has 104 valence electrons. The number of carbonyl (C=O) groups excluding carboxylic acids is 1. The lowest BCUT2D eigenvalue weighted by Gasteiger charge is -2.31. The number of aryl methyl sites for hydroxylation is 2. The van der Waals surface area contributed by atoms with Gasteiger partial charge in [-0.25, -0.2) is 0 Å². The van der Waals surface area contributed by atoms with Gasteiger partial charge in [0.1, 0.15) is 0 Å². The van der Waals surface area contributed by atoms with Crippen molar-refractivity contribution in [2.24, 2.45) is 5.73 Å². The molecular weight excluding hydrogens is 236 g/mol. The molecular formula is C16H24N2O. The van der Waals surface area contributed by atoms with E-state index in [4.69, 9.17) is 5.73 Å². The number of nitrogens with zero attached hydrogens (tertiary/aromatic N) is 1. The van der Waals surface area contributed by atoms with Crippen LogP contribution in [0.3, 0.4) is 0 Å². The van der Waals surface area contributed by atoms with Crippen molar-refractivity contribution < 1.29 is 4.79 Å². The fourth-order valence-corrected chi connectivity index (χ4v) is 2.70. The lowest BCUT2D eigenvalue weighted by atomic mass is 9.98. The molecule has 0 bridgehead atoms. The van der Waals surface area contributed by atoms with Crippen LogP contribution in [-0.4, -0.2) is 18.5 Å². The summed E-state index contributed by atoms with van der Waals surface area (Å²) >= 11 is 0. The van der Waals surface area contributed by atoms with Crippen molar-refractivity contribution in [1.29, 1.82) is 0 Å². The number of nitrogens with two attached hydrogens (primary N) is 1. The molecule has 0 spiro atoms. The molecule has 1 aliphatic heterocycles. The first kappa shape index (κ1) is 14.1. The predicted molar refractivity (Wildman–Crippen MR) is 79.4 cm³/mol. The van der Waals surface area contributed by atoms with E-state index in [2.05, 4.69) is 32.0 Å². The molecule has 0 aromatic heterocycles. The number of benzene rings is 1. The number of amides is 1. The molecule has 0 radical (unpaired) electrons. The topological polar surface area (TPSA) is 46.3 Å². The summed E-state index contributed by atoms with van der Waals surface area (Å²) in [6.45, 7) is 5.01. The van der Waals surface area contributed by atoms with E-state index in [1.54, 1.807) is 0 Å². The van der Waals surface area contributed by atoms with E-state index in [-0.39, 0.29) is 11.9 Å². The first-order valence-corrected chi connectivity index (χ1v) is 7.30. The third-order valence-electron chi connectivity index (χ3n) is 3.81. The second-order valence-electron chi connectivity index (χ2n) is 5.47. The van der Waals surface area contributed by atoms with Gasteiger partial charge in [0.15, 0.2) is 0 Å². The molecule has 2 N–H and O–H groups in total. The molecule has 3 heteroatoms. The van der Waals surface area contributed by atoms with Crippen LogP contribution in [-0.2, 0) is 11.2 Å². The number of unbranched alkanes of at least 4 members (excludes halogenated alkanes) is 1. The van der Waals surface area contributed by atoms with Gasteiger partial charge in [-0.2, -0.15) is 0 Å². The Morgan fingerprint density at radius 3 is 3.00 bits per heavy atom. The highest BCUT2D eigenvalue weighted by Crippen LogP contribution is 2.28. The molecule has 19 heavy (non-hydrogen) atoms. The van der Waals surface area contributed by atoms with E-state index >= 15 is 0 Å². The zero-order chi connectivity index (χ0) is 13.8. The molecule has 2 rings (SSSR count). The highest BCUT2D eigenvalue weighted by molar-refractivity contribution is 5.98. The second-order valence-corrected chi connectivity index (χ2v) is 5.47. The van der Waals surface area contributed by atoms with Gasteiger partial charge in [0, 0.05) is 12.2 Å². The van der Waals surface area contributed by atoms with Crippen LogP contribution in [0.4, 0.5) is 5.69 Å². The number of hydrogen-bond donors (Lipinski definition) is 1. The smallest absolute Gasteiger partial charge is 0.243 e. The quantitative estimate of drug-likeness (QED) is 0.905. The summed E-state index contributed by atoms with van der Waals surface area (Å²) in [6, 6.07) is 5.97. The fraction of sp³-hybridized carbons (Fsp3) is 0.562. The molecule has 0 fully saturated rings. The zero-order valence-corrected chi connectivity index (χ0v) is 12.0. The van der Waals surface area contributed by atoms with E-state index in [9.17, 15) is 4.79 Å². The predicted octanol–water partition coefficient (Wildman–Crippen LogP) is 2.79. The summed E-state index contributed by atoms with van der Waals surface area (Å²) in [7, 11) is 0. The molecule has 1 aromatic rings. The van der Waals surface area contributed by atoms with Crippen LogP contribution in [0.1, 0.15) is 43.7 Å². The maximum Gasteiger partial charge on any atom is 0.243 e. The Bertz CT molecular complexity index is 456. The molecule has 0 saturated heterocycles. The lowest BCUT2D eigenvalue weighted by molar-refractivity contribution is -0.120. The molecule has 1 aromatic carbocycles. The van der Waals surface area contributed by atoms with Crippen molar-refractivity contribution in [2.45, 2.75) is 52.0 Å². The second kappa shape index (κ2) is 6.20. The minimum Gasteiger partial charge on any atom is -0.320 e. The van der Waals surface area contributed by atoms with Crippen molar-refractivity contribution in [2.75, 3.05) is 11.4 Å². The Hall–Kier alpha value is -1.35. The Morgan fingerprint density at radius 2 is 2.26 bits per heavy atom. The molecule has 1 atom stereocenters. The van der Waals surface area contributed by atoms with Gasteiger partial charge >= 0.3 is 0 Å². The summed E-state index contributed by atoms with van der Waals surface area (Å²) in [5, 5.41) is 0. The maximum absolute atomic E-state index is 12.5. The average molecular weight is 260 g/mol.